The lowest BCUT2D eigenvalue weighted by Crippen LogP contribution is -2.42. The van der Waals surface area contributed by atoms with Crippen LogP contribution < -0.4 is 5.32 Å². The van der Waals surface area contributed by atoms with Gasteiger partial charge in [-0.15, -0.1) is 0 Å². The number of rotatable bonds is 4. The van der Waals surface area contributed by atoms with Crippen molar-refractivity contribution in [1.29, 1.82) is 0 Å². The molecule has 0 aliphatic rings. The molecule has 1 heterocycles. The first kappa shape index (κ1) is 11.2. The fourth-order valence-corrected chi connectivity index (χ4v) is 1.53. The Balaban J connectivity index is 2.60. The zero-order valence-corrected chi connectivity index (χ0v) is 9.59. The normalized spacial score (nSPS) is 14.3. The fraction of sp³-hybridized carbons (Fsp3) is 0.727. The molecule has 1 atom stereocenters. The van der Waals surface area contributed by atoms with Crippen LogP contribution in [0.3, 0.4) is 0 Å². The van der Waals surface area contributed by atoms with Crippen molar-refractivity contribution < 1.29 is 0 Å². The highest BCUT2D eigenvalue weighted by molar-refractivity contribution is 4.94. The van der Waals surface area contributed by atoms with Gasteiger partial charge in [-0.05, 0) is 12.0 Å². The van der Waals surface area contributed by atoms with E-state index in [2.05, 4.69) is 43.0 Å². The molecule has 0 amide bonds. The van der Waals surface area contributed by atoms with E-state index in [-0.39, 0.29) is 5.41 Å². The third kappa shape index (κ3) is 3.14. The van der Waals surface area contributed by atoms with E-state index in [4.69, 9.17) is 0 Å². The average Bonchev–Trinajstić information content (AvgIpc) is 2.54. The third-order valence-electron chi connectivity index (χ3n) is 2.45. The van der Waals surface area contributed by atoms with Crippen LogP contribution in [0.25, 0.3) is 0 Å². The molecule has 0 radical (unpaired) electrons. The van der Waals surface area contributed by atoms with E-state index in [1.165, 1.54) is 0 Å². The van der Waals surface area contributed by atoms with Crippen LogP contribution in [0.2, 0.25) is 0 Å². The first-order chi connectivity index (χ1) is 6.54. The molecule has 80 valence electrons. The van der Waals surface area contributed by atoms with Gasteiger partial charge in [0, 0.05) is 24.9 Å². The van der Waals surface area contributed by atoms with Crippen LogP contribution in [0.15, 0.2) is 12.4 Å². The summed E-state index contributed by atoms with van der Waals surface area (Å²) in [6.45, 7) is 9.90. The number of hydrogen-bond acceptors (Lipinski definition) is 2. The molecule has 0 bridgehead atoms. The van der Waals surface area contributed by atoms with Crippen LogP contribution in [-0.4, -0.2) is 22.6 Å². The van der Waals surface area contributed by atoms with Gasteiger partial charge in [0.15, 0.2) is 0 Å². The summed E-state index contributed by atoms with van der Waals surface area (Å²) in [6, 6.07) is 0.471. The predicted molar refractivity (Wildman–Crippen MR) is 59.2 cm³/mol. The first-order valence-corrected chi connectivity index (χ1v) is 5.25. The molecule has 0 spiro atoms. The molecule has 0 aromatic carbocycles. The lowest BCUT2D eigenvalue weighted by atomic mass is 9.84. The molecule has 2 N–H and O–H groups in total. The van der Waals surface area contributed by atoms with E-state index in [0.29, 0.717) is 6.04 Å². The smallest absolute Gasteiger partial charge is 0.107 e. The number of nitrogens with zero attached hydrogens (tertiary/aromatic N) is 1. The van der Waals surface area contributed by atoms with Crippen LogP contribution in [0, 0.1) is 5.41 Å². The second kappa shape index (κ2) is 4.60. The number of likely N-dealkylation sites (N-methyl/N-ethyl adjacent to an activating group) is 1. The minimum Gasteiger partial charge on any atom is -0.349 e. The third-order valence-corrected chi connectivity index (χ3v) is 2.45. The van der Waals surface area contributed by atoms with E-state index in [1.807, 2.05) is 6.20 Å². The van der Waals surface area contributed by atoms with Gasteiger partial charge in [0.1, 0.15) is 5.82 Å². The summed E-state index contributed by atoms with van der Waals surface area (Å²) in [5.74, 6) is 1.06. The topological polar surface area (TPSA) is 40.7 Å². The Kier molecular flexibility index (Phi) is 3.69. The Morgan fingerprint density at radius 3 is 2.64 bits per heavy atom. The molecule has 3 heteroatoms. The summed E-state index contributed by atoms with van der Waals surface area (Å²) in [6.07, 6.45) is 4.65. The zero-order chi connectivity index (χ0) is 10.6. The molecule has 1 unspecified atom stereocenters. The highest BCUT2D eigenvalue weighted by Crippen LogP contribution is 2.21. The summed E-state index contributed by atoms with van der Waals surface area (Å²) in [7, 11) is 0. The minimum atomic E-state index is 0.267. The van der Waals surface area contributed by atoms with E-state index in [9.17, 15) is 0 Å². The Labute approximate surface area is 86.3 Å². The number of hydrogen-bond donors (Lipinski definition) is 2. The molecule has 0 saturated heterocycles. The highest BCUT2D eigenvalue weighted by Gasteiger charge is 2.24. The molecule has 0 saturated carbocycles. The molecule has 1 aromatic heterocycles. The highest BCUT2D eigenvalue weighted by atomic mass is 15.0. The SMILES string of the molecule is CCNC(Cc1ncc[nH]1)C(C)(C)C. The maximum Gasteiger partial charge on any atom is 0.107 e. The largest absolute Gasteiger partial charge is 0.349 e. The molecule has 1 rings (SSSR count). The van der Waals surface area contributed by atoms with Crippen molar-refractivity contribution in [1.82, 2.24) is 15.3 Å². The van der Waals surface area contributed by atoms with E-state index in [0.717, 1.165) is 18.8 Å². The van der Waals surface area contributed by atoms with Gasteiger partial charge in [0.05, 0.1) is 0 Å². The predicted octanol–water partition coefficient (Wildman–Crippen LogP) is 1.98. The number of aromatic nitrogens is 2. The van der Waals surface area contributed by atoms with Crippen molar-refractivity contribution in [3.63, 3.8) is 0 Å². The molecule has 14 heavy (non-hydrogen) atoms. The van der Waals surface area contributed by atoms with Gasteiger partial charge in [-0.2, -0.15) is 0 Å². The number of imidazole rings is 1. The number of nitrogens with one attached hydrogen (secondary N) is 2. The zero-order valence-electron chi connectivity index (χ0n) is 9.59. The first-order valence-electron chi connectivity index (χ1n) is 5.25. The maximum atomic E-state index is 4.26. The van der Waals surface area contributed by atoms with Crippen LogP contribution >= 0.6 is 0 Å². The van der Waals surface area contributed by atoms with Crippen molar-refractivity contribution in [2.24, 2.45) is 5.41 Å². The van der Waals surface area contributed by atoms with Gasteiger partial charge in [-0.3, -0.25) is 0 Å². The second-order valence-corrected chi connectivity index (χ2v) is 4.72. The average molecular weight is 195 g/mol. The lowest BCUT2D eigenvalue weighted by molar-refractivity contribution is 0.267. The van der Waals surface area contributed by atoms with E-state index in [1.54, 1.807) is 6.20 Å². The van der Waals surface area contributed by atoms with Crippen LogP contribution in [-0.2, 0) is 6.42 Å². The van der Waals surface area contributed by atoms with E-state index < -0.39 is 0 Å². The molecule has 1 aromatic rings. The molecule has 3 nitrogen and oxygen atoms in total. The van der Waals surface area contributed by atoms with Gasteiger partial charge >= 0.3 is 0 Å². The van der Waals surface area contributed by atoms with Crippen LogP contribution in [0.4, 0.5) is 0 Å². The van der Waals surface area contributed by atoms with Crippen molar-refractivity contribution in [2.75, 3.05) is 6.54 Å². The molecule has 0 aliphatic carbocycles. The maximum absolute atomic E-state index is 4.26. The lowest BCUT2D eigenvalue weighted by Gasteiger charge is -2.30. The summed E-state index contributed by atoms with van der Waals surface area (Å²) >= 11 is 0. The van der Waals surface area contributed by atoms with E-state index >= 15 is 0 Å². The monoisotopic (exact) mass is 195 g/mol. The summed E-state index contributed by atoms with van der Waals surface area (Å²) in [5, 5.41) is 3.50. The van der Waals surface area contributed by atoms with Gasteiger partial charge < -0.3 is 10.3 Å². The number of aromatic amines is 1. The molecule has 0 fully saturated rings. The van der Waals surface area contributed by atoms with Gasteiger partial charge in [0.25, 0.3) is 0 Å². The minimum absolute atomic E-state index is 0.267. The van der Waals surface area contributed by atoms with Gasteiger partial charge in [-0.1, -0.05) is 27.7 Å². The van der Waals surface area contributed by atoms with Crippen molar-refractivity contribution >= 4 is 0 Å². The molecule has 0 aliphatic heterocycles. The Morgan fingerprint density at radius 2 is 2.21 bits per heavy atom. The van der Waals surface area contributed by atoms with Crippen molar-refractivity contribution in [3.8, 4) is 0 Å². The summed E-state index contributed by atoms with van der Waals surface area (Å²) in [5.41, 5.74) is 0.267. The molecular weight excluding hydrogens is 174 g/mol. The van der Waals surface area contributed by atoms with Crippen LogP contribution in [0.1, 0.15) is 33.5 Å². The summed E-state index contributed by atoms with van der Waals surface area (Å²) in [4.78, 5) is 7.40. The van der Waals surface area contributed by atoms with Crippen molar-refractivity contribution in [2.45, 2.75) is 40.2 Å². The van der Waals surface area contributed by atoms with Crippen molar-refractivity contribution in [3.05, 3.63) is 18.2 Å². The van der Waals surface area contributed by atoms with Gasteiger partial charge in [0.2, 0.25) is 0 Å². The van der Waals surface area contributed by atoms with Gasteiger partial charge in [-0.25, -0.2) is 4.98 Å². The standard InChI is InChI=1S/C11H21N3/c1-5-12-9(11(2,3)4)8-10-13-6-7-14-10/h6-7,9,12H,5,8H2,1-4H3,(H,13,14). The quantitative estimate of drug-likeness (QED) is 0.771. The Morgan fingerprint density at radius 1 is 1.50 bits per heavy atom. The summed E-state index contributed by atoms with van der Waals surface area (Å²) < 4.78 is 0. The molecular formula is C11H21N3. The second-order valence-electron chi connectivity index (χ2n) is 4.72. The fourth-order valence-electron chi connectivity index (χ4n) is 1.53. The van der Waals surface area contributed by atoms with Crippen LogP contribution in [0.5, 0.6) is 0 Å². The Hall–Kier alpha value is -0.830. The Bertz CT molecular complexity index is 246. The number of H-pyrrole nitrogens is 1.